The lowest BCUT2D eigenvalue weighted by Gasteiger charge is -2.04. The van der Waals surface area contributed by atoms with Gasteiger partial charge in [0.1, 0.15) is 11.4 Å². The van der Waals surface area contributed by atoms with E-state index in [1.54, 1.807) is 24.2 Å². The molecule has 0 fully saturated rings. The molecule has 0 saturated carbocycles. The summed E-state index contributed by atoms with van der Waals surface area (Å²) in [7, 11) is 0. The summed E-state index contributed by atoms with van der Waals surface area (Å²) in [5.41, 5.74) is 1.74. The van der Waals surface area contributed by atoms with Crippen LogP contribution in [0.2, 0.25) is 0 Å². The first-order valence-electron chi connectivity index (χ1n) is 4.77. The van der Waals surface area contributed by atoms with Gasteiger partial charge in [-0.3, -0.25) is 4.98 Å². The summed E-state index contributed by atoms with van der Waals surface area (Å²) in [6.45, 7) is 2.12. The van der Waals surface area contributed by atoms with Gasteiger partial charge in [-0.15, -0.1) is 16.9 Å². The molecule has 2 rings (SSSR count). The second-order valence-electron chi connectivity index (χ2n) is 2.89. The summed E-state index contributed by atoms with van der Waals surface area (Å²) < 4.78 is 0. The highest BCUT2D eigenvalue weighted by Crippen LogP contribution is 2.27. The van der Waals surface area contributed by atoms with Crippen molar-refractivity contribution in [3.63, 3.8) is 0 Å². The van der Waals surface area contributed by atoms with Crippen LogP contribution >= 0.6 is 11.8 Å². The highest BCUT2D eigenvalue weighted by atomic mass is 32.2. The van der Waals surface area contributed by atoms with Crippen LogP contribution < -0.4 is 0 Å². The fourth-order valence-corrected chi connectivity index (χ4v) is 2.06. The molecule has 0 amide bonds. The number of pyridine rings is 1. The van der Waals surface area contributed by atoms with Gasteiger partial charge >= 0.3 is 0 Å². The first kappa shape index (κ1) is 10.1. The third-order valence-corrected chi connectivity index (χ3v) is 2.81. The highest BCUT2D eigenvalue weighted by molar-refractivity contribution is 7.99. The molecule has 0 unspecified atom stereocenters. The highest BCUT2D eigenvalue weighted by Gasteiger charge is 2.06. The lowest BCUT2D eigenvalue weighted by atomic mass is 10.2. The van der Waals surface area contributed by atoms with Crippen LogP contribution in [0.15, 0.2) is 41.6 Å². The Morgan fingerprint density at radius 3 is 2.80 bits per heavy atom. The molecule has 2 heterocycles. The number of nitrogens with zero attached hydrogens (tertiary/aromatic N) is 3. The average molecular weight is 217 g/mol. The quantitative estimate of drug-likeness (QED) is 0.741. The van der Waals surface area contributed by atoms with Gasteiger partial charge in [0.15, 0.2) is 0 Å². The normalized spacial score (nSPS) is 10.2. The third kappa shape index (κ3) is 2.33. The maximum atomic E-state index is 4.34. The number of aromatic nitrogens is 3. The van der Waals surface area contributed by atoms with Crippen molar-refractivity contribution in [2.24, 2.45) is 0 Å². The van der Waals surface area contributed by atoms with Crippen LogP contribution in [0.3, 0.4) is 0 Å². The fourth-order valence-electron chi connectivity index (χ4n) is 1.28. The predicted octanol–water partition coefficient (Wildman–Crippen LogP) is 2.65. The first-order chi connectivity index (χ1) is 7.42. The summed E-state index contributed by atoms with van der Waals surface area (Å²) in [5, 5.41) is 7.93. The molecular formula is C11H11N3S. The average Bonchev–Trinajstić information content (AvgIpc) is 2.31. The van der Waals surface area contributed by atoms with Gasteiger partial charge in [0.05, 0.1) is 0 Å². The molecule has 0 atom stereocenters. The van der Waals surface area contributed by atoms with Crippen LogP contribution in [-0.2, 0) is 0 Å². The van der Waals surface area contributed by atoms with Gasteiger partial charge in [0.25, 0.3) is 0 Å². The summed E-state index contributed by atoms with van der Waals surface area (Å²) in [6, 6.07) is 7.80. The van der Waals surface area contributed by atoms with E-state index in [1.165, 1.54) is 0 Å². The van der Waals surface area contributed by atoms with Crippen LogP contribution in [0.25, 0.3) is 11.4 Å². The fraction of sp³-hybridized carbons (Fsp3) is 0.182. The molecule has 2 aromatic heterocycles. The molecule has 76 valence electrons. The smallest absolute Gasteiger partial charge is 0.112 e. The molecule has 15 heavy (non-hydrogen) atoms. The molecule has 3 nitrogen and oxygen atoms in total. The van der Waals surface area contributed by atoms with E-state index >= 15 is 0 Å². The van der Waals surface area contributed by atoms with Gasteiger partial charge in [-0.2, -0.15) is 5.10 Å². The second kappa shape index (κ2) is 4.89. The van der Waals surface area contributed by atoms with E-state index in [9.17, 15) is 0 Å². The first-order valence-corrected chi connectivity index (χ1v) is 5.76. The van der Waals surface area contributed by atoms with Crippen molar-refractivity contribution in [1.82, 2.24) is 15.2 Å². The number of hydrogen-bond acceptors (Lipinski definition) is 4. The third-order valence-electron chi connectivity index (χ3n) is 1.89. The Balaban J connectivity index is 2.43. The number of hydrogen-bond donors (Lipinski definition) is 0. The minimum absolute atomic E-state index is 0.828. The zero-order valence-electron chi connectivity index (χ0n) is 8.42. The summed E-state index contributed by atoms with van der Waals surface area (Å²) in [5.74, 6) is 1.03. The molecule has 0 aliphatic heterocycles. The van der Waals surface area contributed by atoms with Crippen molar-refractivity contribution in [3.05, 3.63) is 36.7 Å². The zero-order chi connectivity index (χ0) is 10.5. The van der Waals surface area contributed by atoms with E-state index in [4.69, 9.17) is 0 Å². The van der Waals surface area contributed by atoms with E-state index in [1.807, 2.05) is 18.2 Å². The molecule has 4 heteroatoms. The van der Waals surface area contributed by atoms with Crippen molar-refractivity contribution in [2.75, 3.05) is 5.75 Å². The standard InChI is InChI=1S/C11H11N3S/c1-2-15-10-6-4-7-12-11(10)9-5-3-8-13-14-9/h3-8H,2H2,1H3. The van der Waals surface area contributed by atoms with Crippen LogP contribution in [-0.4, -0.2) is 20.9 Å². The molecular weight excluding hydrogens is 206 g/mol. The van der Waals surface area contributed by atoms with Crippen molar-refractivity contribution in [1.29, 1.82) is 0 Å². The molecule has 0 radical (unpaired) electrons. The van der Waals surface area contributed by atoms with E-state index < -0.39 is 0 Å². The topological polar surface area (TPSA) is 38.7 Å². The Hall–Kier alpha value is -1.42. The van der Waals surface area contributed by atoms with Gasteiger partial charge < -0.3 is 0 Å². The Bertz CT molecular complexity index is 431. The van der Waals surface area contributed by atoms with Gasteiger partial charge in [-0.1, -0.05) is 6.92 Å². The van der Waals surface area contributed by atoms with E-state index in [0.29, 0.717) is 0 Å². The van der Waals surface area contributed by atoms with Crippen LogP contribution in [0.4, 0.5) is 0 Å². The summed E-state index contributed by atoms with van der Waals surface area (Å²) in [6.07, 6.45) is 3.45. The molecule has 0 aliphatic rings. The van der Waals surface area contributed by atoms with Crippen molar-refractivity contribution in [2.45, 2.75) is 11.8 Å². The van der Waals surface area contributed by atoms with E-state index in [-0.39, 0.29) is 0 Å². The monoisotopic (exact) mass is 217 g/mol. The largest absolute Gasteiger partial charge is 0.253 e. The van der Waals surface area contributed by atoms with Gasteiger partial charge in [0.2, 0.25) is 0 Å². The molecule has 0 N–H and O–H groups in total. The lowest BCUT2D eigenvalue weighted by molar-refractivity contribution is 1.02. The van der Waals surface area contributed by atoms with Crippen molar-refractivity contribution >= 4 is 11.8 Å². The van der Waals surface area contributed by atoms with E-state index in [2.05, 4.69) is 28.2 Å². The maximum Gasteiger partial charge on any atom is 0.112 e. The van der Waals surface area contributed by atoms with Crippen LogP contribution in [0, 0.1) is 0 Å². The van der Waals surface area contributed by atoms with Gasteiger partial charge in [-0.25, -0.2) is 0 Å². The SMILES string of the molecule is CCSc1cccnc1-c1cccnn1. The number of rotatable bonds is 3. The Morgan fingerprint density at radius 2 is 2.07 bits per heavy atom. The molecule has 0 saturated heterocycles. The summed E-state index contributed by atoms with van der Waals surface area (Å²) in [4.78, 5) is 5.50. The molecule has 0 bridgehead atoms. The zero-order valence-corrected chi connectivity index (χ0v) is 9.24. The predicted molar refractivity (Wildman–Crippen MR) is 61.7 cm³/mol. The minimum atomic E-state index is 0.828. The molecule has 2 aromatic rings. The number of thioether (sulfide) groups is 1. The van der Waals surface area contributed by atoms with Crippen LogP contribution in [0.5, 0.6) is 0 Å². The maximum absolute atomic E-state index is 4.34. The Kier molecular flexibility index (Phi) is 3.29. The second-order valence-corrected chi connectivity index (χ2v) is 4.20. The lowest BCUT2D eigenvalue weighted by Crippen LogP contribution is -1.91. The molecule has 0 spiro atoms. The van der Waals surface area contributed by atoms with Crippen molar-refractivity contribution in [3.8, 4) is 11.4 Å². The van der Waals surface area contributed by atoms with Gasteiger partial charge in [-0.05, 0) is 30.0 Å². The minimum Gasteiger partial charge on any atom is -0.253 e. The Labute approximate surface area is 93.0 Å². The molecule has 0 aliphatic carbocycles. The van der Waals surface area contributed by atoms with Crippen molar-refractivity contribution < 1.29 is 0 Å². The van der Waals surface area contributed by atoms with Gasteiger partial charge in [0, 0.05) is 17.3 Å². The Morgan fingerprint density at radius 1 is 1.20 bits per heavy atom. The van der Waals surface area contributed by atoms with Crippen LogP contribution in [0.1, 0.15) is 6.92 Å². The van der Waals surface area contributed by atoms with E-state index in [0.717, 1.165) is 22.0 Å². The molecule has 0 aromatic carbocycles. The summed E-state index contributed by atoms with van der Waals surface area (Å²) >= 11 is 1.77.